The van der Waals surface area contributed by atoms with Crippen LogP contribution in [0.15, 0.2) is 66.7 Å². The number of benzene rings is 3. The Balaban J connectivity index is 2.01. The molecular formula is C27H33NO4. The van der Waals surface area contributed by atoms with Crippen molar-refractivity contribution < 1.29 is 18.9 Å². The van der Waals surface area contributed by atoms with Crippen molar-refractivity contribution in [3.05, 3.63) is 83.4 Å². The normalized spacial score (nSPS) is 12.7. The molecule has 0 aliphatic heterocycles. The van der Waals surface area contributed by atoms with Crippen LogP contribution in [0.5, 0.6) is 23.0 Å². The van der Waals surface area contributed by atoms with E-state index in [1.165, 1.54) is 11.1 Å². The Morgan fingerprint density at radius 1 is 0.656 bits per heavy atom. The molecule has 0 aromatic heterocycles. The van der Waals surface area contributed by atoms with Crippen LogP contribution >= 0.6 is 0 Å². The summed E-state index contributed by atoms with van der Waals surface area (Å²) in [6, 6.07) is 22.8. The molecule has 0 fully saturated rings. The quantitative estimate of drug-likeness (QED) is 0.416. The summed E-state index contributed by atoms with van der Waals surface area (Å²) < 4.78 is 22.0. The van der Waals surface area contributed by atoms with Crippen molar-refractivity contribution in [2.45, 2.75) is 31.8 Å². The number of rotatable bonds is 11. The molecule has 0 aliphatic rings. The summed E-state index contributed by atoms with van der Waals surface area (Å²) in [5.41, 5.74) is 3.56. The van der Waals surface area contributed by atoms with E-state index in [9.17, 15) is 0 Å². The maximum absolute atomic E-state index is 5.59. The molecule has 5 nitrogen and oxygen atoms in total. The first-order valence-corrected chi connectivity index (χ1v) is 10.9. The lowest BCUT2D eigenvalue weighted by Gasteiger charge is -2.29. The first-order valence-electron chi connectivity index (χ1n) is 10.9. The van der Waals surface area contributed by atoms with Crippen LogP contribution in [0.2, 0.25) is 0 Å². The minimum atomic E-state index is 0.0538. The van der Waals surface area contributed by atoms with E-state index in [0.717, 1.165) is 41.5 Å². The highest BCUT2D eigenvalue weighted by atomic mass is 16.5. The molecule has 3 aromatic rings. The molecule has 170 valence electrons. The van der Waals surface area contributed by atoms with Gasteiger partial charge < -0.3 is 24.3 Å². The SMILES string of the molecule is CC[C@@H](c1ccc(OC)c(OC)c1)[C@H](NCc1ccccc1)c1ccc(OC)c(OC)c1. The highest BCUT2D eigenvalue weighted by molar-refractivity contribution is 5.47. The van der Waals surface area contributed by atoms with Crippen molar-refractivity contribution in [2.75, 3.05) is 28.4 Å². The van der Waals surface area contributed by atoms with Crippen molar-refractivity contribution in [2.24, 2.45) is 0 Å². The number of nitrogens with one attached hydrogen (secondary N) is 1. The molecular weight excluding hydrogens is 402 g/mol. The second kappa shape index (κ2) is 11.4. The van der Waals surface area contributed by atoms with Gasteiger partial charge in [0, 0.05) is 18.5 Å². The fraction of sp³-hybridized carbons (Fsp3) is 0.333. The molecule has 0 amide bonds. The van der Waals surface area contributed by atoms with Crippen molar-refractivity contribution in [1.82, 2.24) is 5.32 Å². The van der Waals surface area contributed by atoms with Gasteiger partial charge in [-0.25, -0.2) is 0 Å². The van der Waals surface area contributed by atoms with E-state index in [2.05, 4.69) is 60.8 Å². The van der Waals surface area contributed by atoms with Gasteiger partial charge in [-0.15, -0.1) is 0 Å². The Morgan fingerprint density at radius 3 is 1.72 bits per heavy atom. The van der Waals surface area contributed by atoms with E-state index >= 15 is 0 Å². The second-order valence-electron chi connectivity index (χ2n) is 7.59. The molecule has 0 unspecified atom stereocenters. The zero-order chi connectivity index (χ0) is 22.9. The van der Waals surface area contributed by atoms with Crippen LogP contribution in [-0.2, 0) is 6.54 Å². The van der Waals surface area contributed by atoms with Crippen molar-refractivity contribution >= 4 is 0 Å². The predicted molar refractivity (Wildman–Crippen MR) is 128 cm³/mol. The van der Waals surface area contributed by atoms with Crippen LogP contribution in [0.4, 0.5) is 0 Å². The van der Waals surface area contributed by atoms with E-state index in [1.54, 1.807) is 28.4 Å². The van der Waals surface area contributed by atoms with Crippen LogP contribution in [0, 0.1) is 0 Å². The summed E-state index contributed by atoms with van der Waals surface area (Å²) in [5.74, 6) is 3.11. The van der Waals surface area contributed by atoms with Gasteiger partial charge in [0.15, 0.2) is 23.0 Å². The Hall–Kier alpha value is -3.18. The third-order valence-corrected chi connectivity index (χ3v) is 5.81. The number of ether oxygens (including phenoxy) is 4. The minimum Gasteiger partial charge on any atom is -0.493 e. The van der Waals surface area contributed by atoms with Gasteiger partial charge in [-0.3, -0.25) is 0 Å². The third kappa shape index (κ3) is 5.35. The molecule has 3 aromatic carbocycles. The fourth-order valence-electron chi connectivity index (χ4n) is 4.11. The second-order valence-corrected chi connectivity index (χ2v) is 7.59. The molecule has 3 rings (SSSR count). The number of methoxy groups -OCH3 is 4. The zero-order valence-electron chi connectivity index (χ0n) is 19.6. The van der Waals surface area contributed by atoms with Gasteiger partial charge in [-0.05, 0) is 47.4 Å². The van der Waals surface area contributed by atoms with Crippen LogP contribution in [0.25, 0.3) is 0 Å². The van der Waals surface area contributed by atoms with Gasteiger partial charge in [0.25, 0.3) is 0 Å². The first-order chi connectivity index (χ1) is 15.6. The largest absolute Gasteiger partial charge is 0.493 e. The van der Waals surface area contributed by atoms with Crippen molar-refractivity contribution in [3.8, 4) is 23.0 Å². The Bertz CT molecular complexity index is 990. The maximum Gasteiger partial charge on any atom is 0.161 e. The zero-order valence-corrected chi connectivity index (χ0v) is 19.6. The van der Waals surface area contributed by atoms with Gasteiger partial charge in [-0.2, -0.15) is 0 Å². The summed E-state index contributed by atoms with van der Waals surface area (Å²) in [6.07, 6.45) is 0.941. The molecule has 0 saturated carbocycles. The molecule has 32 heavy (non-hydrogen) atoms. The fourth-order valence-corrected chi connectivity index (χ4v) is 4.11. The van der Waals surface area contributed by atoms with Crippen molar-refractivity contribution in [3.63, 3.8) is 0 Å². The smallest absolute Gasteiger partial charge is 0.161 e. The van der Waals surface area contributed by atoms with Crippen molar-refractivity contribution in [1.29, 1.82) is 0 Å². The summed E-state index contributed by atoms with van der Waals surface area (Å²) in [7, 11) is 6.64. The van der Waals surface area contributed by atoms with Gasteiger partial charge >= 0.3 is 0 Å². The summed E-state index contributed by atoms with van der Waals surface area (Å²) in [5, 5.41) is 3.79. The lowest BCUT2D eigenvalue weighted by molar-refractivity contribution is 0.350. The van der Waals surface area contributed by atoms with Gasteiger partial charge in [-0.1, -0.05) is 49.4 Å². The lowest BCUT2D eigenvalue weighted by atomic mass is 9.84. The molecule has 0 spiro atoms. The van der Waals surface area contributed by atoms with E-state index < -0.39 is 0 Å². The molecule has 0 saturated heterocycles. The van der Waals surface area contributed by atoms with Crippen LogP contribution < -0.4 is 24.3 Å². The number of hydrogen-bond acceptors (Lipinski definition) is 5. The standard InChI is InChI=1S/C27H33NO4/c1-6-22(20-12-14-23(29-2)25(16-20)31-4)27(28-18-19-10-8-7-9-11-19)21-13-15-24(30-3)26(17-21)32-5/h7-17,22,27-28H,6,18H2,1-5H3/t22-,27+/m0/s1. The Kier molecular flexibility index (Phi) is 8.40. The van der Waals surface area contributed by atoms with Crippen LogP contribution in [0.1, 0.15) is 42.0 Å². The summed E-state index contributed by atoms with van der Waals surface area (Å²) >= 11 is 0. The molecule has 1 N–H and O–H groups in total. The average molecular weight is 436 g/mol. The van der Waals surface area contributed by atoms with Gasteiger partial charge in [0.1, 0.15) is 0 Å². The van der Waals surface area contributed by atoms with Gasteiger partial charge in [0.05, 0.1) is 28.4 Å². The topological polar surface area (TPSA) is 49.0 Å². The number of hydrogen-bond donors (Lipinski definition) is 1. The lowest BCUT2D eigenvalue weighted by Crippen LogP contribution is -2.27. The van der Waals surface area contributed by atoms with Crippen LogP contribution in [0.3, 0.4) is 0 Å². The van der Waals surface area contributed by atoms with E-state index in [1.807, 2.05) is 18.2 Å². The molecule has 2 atom stereocenters. The molecule has 0 radical (unpaired) electrons. The molecule has 0 heterocycles. The Morgan fingerprint density at radius 2 is 1.19 bits per heavy atom. The van der Waals surface area contributed by atoms with E-state index in [0.29, 0.717) is 0 Å². The van der Waals surface area contributed by atoms with E-state index in [-0.39, 0.29) is 12.0 Å². The highest BCUT2D eigenvalue weighted by Crippen LogP contribution is 2.40. The van der Waals surface area contributed by atoms with Crippen LogP contribution in [-0.4, -0.2) is 28.4 Å². The maximum atomic E-state index is 5.59. The molecule has 0 bridgehead atoms. The third-order valence-electron chi connectivity index (χ3n) is 5.81. The van der Waals surface area contributed by atoms with E-state index in [4.69, 9.17) is 18.9 Å². The monoisotopic (exact) mass is 435 g/mol. The predicted octanol–water partition coefficient (Wildman–Crippen LogP) is 5.75. The van der Waals surface area contributed by atoms with Gasteiger partial charge in [0.2, 0.25) is 0 Å². The first kappa shape index (κ1) is 23.5. The molecule has 5 heteroatoms. The summed E-state index contributed by atoms with van der Waals surface area (Å²) in [4.78, 5) is 0. The molecule has 0 aliphatic carbocycles. The highest BCUT2D eigenvalue weighted by Gasteiger charge is 2.25. The average Bonchev–Trinajstić information content (AvgIpc) is 2.86. The Labute approximate surface area is 191 Å². The minimum absolute atomic E-state index is 0.0538. The summed E-state index contributed by atoms with van der Waals surface area (Å²) in [6.45, 7) is 2.96.